The molecule has 3 nitrogen and oxygen atoms in total. The molecule has 1 aliphatic rings. The molecule has 0 saturated heterocycles. The van der Waals surface area contributed by atoms with E-state index in [1.807, 2.05) is 18.2 Å². The number of ketones is 1. The quantitative estimate of drug-likeness (QED) is 0.474. The van der Waals surface area contributed by atoms with Crippen molar-refractivity contribution < 1.29 is 14.3 Å². The van der Waals surface area contributed by atoms with Gasteiger partial charge in [-0.25, -0.2) is 4.79 Å². The van der Waals surface area contributed by atoms with Crippen molar-refractivity contribution in [1.29, 1.82) is 0 Å². The van der Waals surface area contributed by atoms with Crippen LogP contribution in [0, 0.1) is 0 Å². The highest BCUT2D eigenvalue weighted by atomic mass is 79.9. The van der Waals surface area contributed by atoms with Crippen LogP contribution >= 0.6 is 15.9 Å². The molecule has 0 fully saturated rings. The van der Waals surface area contributed by atoms with Gasteiger partial charge in [0.15, 0.2) is 12.4 Å². The van der Waals surface area contributed by atoms with Gasteiger partial charge >= 0.3 is 5.97 Å². The van der Waals surface area contributed by atoms with Crippen LogP contribution in [0.4, 0.5) is 0 Å². The van der Waals surface area contributed by atoms with Crippen molar-refractivity contribution in [3.63, 3.8) is 0 Å². The van der Waals surface area contributed by atoms with Crippen molar-refractivity contribution in [2.75, 3.05) is 6.61 Å². The van der Waals surface area contributed by atoms with E-state index in [2.05, 4.69) is 22.0 Å². The molecule has 0 saturated carbocycles. The molecular weight excluding hydrogens is 380 g/mol. The molecule has 0 bridgehead atoms. The van der Waals surface area contributed by atoms with E-state index in [1.165, 1.54) is 11.1 Å². The fraction of sp³-hybridized carbons (Fsp3) is 0.143. The number of benzene rings is 3. The van der Waals surface area contributed by atoms with Crippen molar-refractivity contribution in [3.05, 3.63) is 81.3 Å². The van der Waals surface area contributed by atoms with Gasteiger partial charge in [0.05, 0.1) is 5.56 Å². The third kappa shape index (κ3) is 2.98. The maximum absolute atomic E-state index is 12.5. The fourth-order valence-electron chi connectivity index (χ4n) is 3.35. The predicted octanol–water partition coefficient (Wildman–Crippen LogP) is 4.74. The second-order valence-electron chi connectivity index (χ2n) is 6.12. The van der Waals surface area contributed by atoms with Crippen LogP contribution in [0.3, 0.4) is 0 Å². The zero-order valence-electron chi connectivity index (χ0n) is 13.4. The zero-order chi connectivity index (χ0) is 17.4. The van der Waals surface area contributed by atoms with Crippen molar-refractivity contribution in [1.82, 2.24) is 0 Å². The summed E-state index contributed by atoms with van der Waals surface area (Å²) in [6, 6.07) is 16.8. The second kappa shape index (κ2) is 6.45. The van der Waals surface area contributed by atoms with Crippen LogP contribution in [0.1, 0.15) is 31.8 Å². The lowest BCUT2D eigenvalue weighted by molar-refractivity contribution is 0.0476. The van der Waals surface area contributed by atoms with E-state index in [1.54, 1.807) is 30.3 Å². The van der Waals surface area contributed by atoms with Crippen LogP contribution < -0.4 is 0 Å². The number of Topliss-reactive ketones (excluding diaryl/α,β-unsaturated/α-hetero) is 1. The number of carbonyl (C=O) groups is 2. The third-order valence-electron chi connectivity index (χ3n) is 4.60. The Morgan fingerprint density at radius 1 is 0.920 bits per heavy atom. The molecule has 0 aromatic heterocycles. The first-order chi connectivity index (χ1) is 12.1. The van der Waals surface area contributed by atoms with Gasteiger partial charge in [0, 0.05) is 10.0 Å². The van der Waals surface area contributed by atoms with Crippen LogP contribution in [-0.4, -0.2) is 18.4 Å². The molecule has 25 heavy (non-hydrogen) atoms. The first kappa shape index (κ1) is 16.0. The molecule has 0 spiro atoms. The largest absolute Gasteiger partial charge is 0.454 e. The number of carbonyl (C=O) groups excluding carboxylic acids is 2. The number of ether oxygens (including phenoxy) is 1. The number of rotatable bonds is 4. The van der Waals surface area contributed by atoms with Gasteiger partial charge in [0.25, 0.3) is 0 Å². The maximum Gasteiger partial charge on any atom is 0.339 e. The molecule has 124 valence electrons. The summed E-state index contributed by atoms with van der Waals surface area (Å²) in [5, 5.41) is 2.07. The van der Waals surface area contributed by atoms with Gasteiger partial charge < -0.3 is 4.74 Å². The van der Waals surface area contributed by atoms with Crippen LogP contribution in [0.5, 0.6) is 0 Å². The summed E-state index contributed by atoms with van der Waals surface area (Å²) in [5.41, 5.74) is 3.59. The van der Waals surface area contributed by atoms with E-state index >= 15 is 0 Å². The molecule has 0 amide bonds. The highest BCUT2D eigenvalue weighted by molar-refractivity contribution is 9.10. The monoisotopic (exact) mass is 394 g/mol. The topological polar surface area (TPSA) is 43.4 Å². The summed E-state index contributed by atoms with van der Waals surface area (Å²) >= 11 is 3.33. The maximum atomic E-state index is 12.5. The Hall–Kier alpha value is -2.46. The van der Waals surface area contributed by atoms with Crippen LogP contribution in [0.25, 0.3) is 10.8 Å². The molecular formula is C21H15BrO3. The van der Waals surface area contributed by atoms with Gasteiger partial charge in [0.1, 0.15) is 0 Å². The van der Waals surface area contributed by atoms with Crippen LogP contribution in [-0.2, 0) is 17.6 Å². The number of halogens is 1. The second-order valence-corrected chi connectivity index (χ2v) is 7.03. The molecule has 0 atom stereocenters. The lowest BCUT2D eigenvalue weighted by Crippen LogP contribution is -2.14. The van der Waals surface area contributed by atoms with Crippen molar-refractivity contribution in [3.8, 4) is 0 Å². The van der Waals surface area contributed by atoms with Gasteiger partial charge in [-0.2, -0.15) is 0 Å². The van der Waals surface area contributed by atoms with Gasteiger partial charge in [-0.15, -0.1) is 0 Å². The molecule has 3 aromatic rings. The van der Waals surface area contributed by atoms with Gasteiger partial charge in [0.2, 0.25) is 0 Å². The van der Waals surface area contributed by atoms with Crippen molar-refractivity contribution >= 4 is 38.5 Å². The molecule has 0 unspecified atom stereocenters. The van der Waals surface area contributed by atoms with E-state index < -0.39 is 5.97 Å². The highest BCUT2D eigenvalue weighted by Gasteiger charge is 2.20. The number of aryl methyl sites for hydroxylation is 2. The number of esters is 1. The summed E-state index contributed by atoms with van der Waals surface area (Å²) in [7, 11) is 0. The first-order valence-electron chi connectivity index (χ1n) is 8.13. The van der Waals surface area contributed by atoms with E-state index in [0.717, 1.165) is 28.1 Å². The Labute approximate surface area is 153 Å². The fourth-order valence-corrected chi connectivity index (χ4v) is 3.62. The zero-order valence-corrected chi connectivity index (χ0v) is 15.0. The van der Waals surface area contributed by atoms with Crippen LogP contribution in [0.2, 0.25) is 0 Å². The Bertz CT molecular complexity index is 980. The standard InChI is InChI=1S/C21H15BrO3/c22-16-9-6-13(7-10-16)19(23)12-25-21(24)18-11-8-15-5-4-14-2-1-3-17(18)20(14)15/h1-3,6-11H,4-5,12H2. The average Bonchev–Trinajstić information content (AvgIpc) is 3.05. The molecule has 0 radical (unpaired) electrons. The highest BCUT2D eigenvalue weighted by Crippen LogP contribution is 2.33. The number of hydrogen-bond acceptors (Lipinski definition) is 3. The Morgan fingerprint density at radius 2 is 1.64 bits per heavy atom. The predicted molar refractivity (Wildman–Crippen MR) is 100 cm³/mol. The number of hydrogen-bond donors (Lipinski definition) is 0. The minimum atomic E-state index is -0.457. The normalized spacial score (nSPS) is 12.4. The summed E-state index contributed by atoms with van der Waals surface area (Å²) in [6.45, 7) is -0.261. The molecule has 0 N–H and O–H groups in total. The molecule has 1 aliphatic carbocycles. The summed E-state index contributed by atoms with van der Waals surface area (Å²) in [6.07, 6.45) is 2.01. The minimum absolute atomic E-state index is 0.216. The van der Waals surface area contributed by atoms with Crippen LogP contribution in [0.15, 0.2) is 59.1 Å². The summed E-state index contributed by atoms with van der Waals surface area (Å²) in [5.74, 6) is -0.673. The summed E-state index contributed by atoms with van der Waals surface area (Å²) < 4.78 is 6.18. The molecule has 4 heteroatoms. The van der Waals surface area contributed by atoms with Crippen molar-refractivity contribution in [2.45, 2.75) is 12.8 Å². The lowest BCUT2D eigenvalue weighted by Gasteiger charge is -2.09. The van der Waals surface area contributed by atoms with Crippen molar-refractivity contribution in [2.24, 2.45) is 0 Å². The smallest absolute Gasteiger partial charge is 0.339 e. The van der Waals surface area contributed by atoms with Gasteiger partial charge in [-0.1, -0.05) is 52.3 Å². The van der Waals surface area contributed by atoms with E-state index in [-0.39, 0.29) is 12.4 Å². The SMILES string of the molecule is O=C(COC(=O)c1ccc2c3c(cccc13)CC2)c1ccc(Br)cc1. The Morgan fingerprint density at radius 3 is 2.40 bits per heavy atom. The van der Waals surface area contributed by atoms with E-state index in [0.29, 0.717) is 11.1 Å². The molecule has 3 aromatic carbocycles. The molecule has 0 heterocycles. The molecule has 4 rings (SSSR count). The Balaban J connectivity index is 1.55. The lowest BCUT2D eigenvalue weighted by atomic mass is 10.00. The Kier molecular flexibility index (Phi) is 4.14. The molecule has 0 aliphatic heterocycles. The van der Waals surface area contributed by atoms with Gasteiger partial charge in [-0.3, -0.25) is 4.79 Å². The summed E-state index contributed by atoms with van der Waals surface area (Å²) in [4.78, 5) is 24.7. The third-order valence-corrected chi connectivity index (χ3v) is 5.13. The average molecular weight is 395 g/mol. The van der Waals surface area contributed by atoms with E-state index in [4.69, 9.17) is 4.74 Å². The van der Waals surface area contributed by atoms with E-state index in [9.17, 15) is 9.59 Å². The minimum Gasteiger partial charge on any atom is -0.454 e. The van der Waals surface area contributed by atoms with Gasteiger partial charge in [-0.05, 0) is 52.9 Å². The first-order valence-corrected chi connectivity index (χ1v) is 8.92.